The number of carbonyl (C=O) groups excluding carboxylic acids is 3. The summed E-state index contributed by atoms with van der Waals surface area (Å²) in [5.41, 5.74) is 7.03. The van der Waals surface area contributed by atoms with Crippen LogP contribution in [0.2, 0.25) is 0 Å². The number of carboxylic acid groups (broad SMARTS) is 1. The van der Waals surface area contributed by atoms with Crippen LogP contribution in [0.1, 0.15) is 32.8 Å². The van der Waals surface area contributed by atoms with Crippen LogP contribution in [0.3, 0.4) is 0 Å². The molecule has 1 heterocycles. The molecule has 34 heavy (non-hydrogen) atoms. The van der Waals surface area contributed by atoms with Crippen LogP contribution in [0.25, 0.3) is 10.9 Å². The van der Waals surface area contributed by atoms with Gasteiger partial charge < -0.3 is 36.9 Å². The van der Waals surface area contributed by atoms with Gasteiger partial charge in [0.25, 0.3) is 0 Å². The van der Waals surface area contributed by atoms with Crippen LogP contribution in [0.5, 0.6) is 0 Å². The van der Waals surface area contributed by atoms with E-state index < -0.39 is 54.5 Å². The molecule has 11 nitrogen and oxygen atoms in total. The van der Waals surface area contributed by atoms with Crippen molar-refractivity contribution in [1.82, 2.24) is 20.9 Å². The highest BCUT2D eigenvalue weighted by Crippen LogP contribution is 2.19. The van der Waals surface area contributed by atoms with Crippen molar-refractivity contribution >= 4 is 34.6 Å². The predicted molar refractivity (Wildman–Crippen MR) is 126 cm³/mol. The molecular weight excluding hydrogens is 442 g/mol. The zero-order valence-electron chi connectivity index (χ0n) is 19.5. The topological polar surface area (TPSA) is 187 Å². The maximum atomic E-state index is 13.0. The average molecular weight is 476 g/mol. The number of aliphatic carboxylic acids is 1. The summed E-state index contributed by atoms with van der Waals surface area (Å²) in [6.45, 7) is 4.56. The van der Waals surface area contributed by atoms with E-state index in [0.717, 1.165) is 16.5 Å². The molecule has 8 N–H and O–H groups in total. The third-order valence-electron chi connectivity index (χ3n) is 5.34. The van der Waals surface area contributed by atoms with Crippen LogP contribution in [-0.4, -0.2) is 69.7 Å². The lowest BCUT2D eigenvalue weighted by Gasteiger charge is -2.24. The first kappa shape index (κ1) is 26.8. The SMILES string of the molecule is CC(C)CC(NC(=O)C(C)NC(=O)C(N)CO)C(=O)NC(Cc1c[nH]c2ccccc12)C(=O)O. The van der Waals surface area contributed by atoms with E-state index in [1.165, 1.54) is 6.92 Å². The number of para-hydroxylation sites is 1. The van der Waals surface area contributed by atoms with Crippen LogP contribution >= 0.6 is 0 Å². The van der Waals surface area contributed by atoms with Gasteiger partial charge in [-0.1, -0.05) is 32.0 Å². The van der Waals surface area contributed by atoms with E-state index in [9.17, 15) is 24.3 Å². The maximum Gasteiger partial charge on any atom is 0.326 e. The number of aromatic amines is 1. The lowest BCUT2D eigenvalue weighted by atomic mass is 10.0. The minimum absolute atomic E-state index is 0.0145. The summed E-state index contributed by atoms with van der Waals surface area (Å²) in [4.78, 5) is 52.4. The number of aliphatic hydroxyl groups excluding tert-OH is 1. The third kappa shape index (κ3) is 7.29. The highest BCUT2D eigenvalue weighted by Gasteiger charge is 2.29. The van der Waals surface area contributed by atoms with Gasteiger partial charge in [0.2, 0.25) is 17.7 Å². The van der Waals surface area contributed by atoms with E-state index in [0.29, 0.717) is 0 Å². The Morgan fingerprint density at radius 2 is 1.62 bits per heavy atom. The highest BCUT2D eigenvalue weighted by molar-refractivity contribution is 5.94. The minimum atomic E-state index is -1.21. The zero-order valence-corrected chi connectivity index (χ0v) is 19.5. The first-order valence-electron chi connectivity index (χ1n) is 11.1. The monoisotopic (exact) mass is 475 g/mol. The number of fused-ring (bicyclic) bond motifs is 1. The van der Waals surface area contributed by atoms with Gasteiger partial charge in [0, 0.05) is 23.5 Å². The fraction of sp³-hybridized carbons (Fsp3) is 0.478. The fourth-order valence-corrected chi connectivity index (χ4v) is 3.46. The molecule has 4 atom stereocenters. The number of H-pyrrole nitrogens is 1. The number of hydrogen-bond donors (Lipinski definition) is 7. The normalized spacial score (nSPS) is 14.8. The van der Waals surface area contributed by atoms with Gasteiger partial charge in [-0.05, 0) is 30.9 Å². The summed E-state index contributed by atoms with van der Waals surface area (Å²) in [7, 11) is 0. The van der Waals surface area contributed by atoms with E-state index >= 15 is 0 Å². The second-order valence-electron chi connectivity index (χ2n) is 8.67. The number of nitrogens with two attached hydrogens (primary N) is 1. The van der Waals surface area contributed by atoms with Gasteiger partial charge in [0.05, 0.1) is 6.61 Å². The molecule has 3 amide bonds. The summed E-state index contributed by atoms with van der Waals surface area (Å²) in [6.07, 6.45) is 2.02. The van der Waals surface area contributed by atoms with Gasteiger partial charge in [-0.3, -0.25) is 14.4 Å². The smallest absolute Gasteiger partial charge is 0.326 e. The molecule has 4 unspecified atom stereocenters. The average Bonchev–Trinajstić information content (AvgIpc) is 3.19. The van der Waals surface area contributed by atoms with Crippen LogP contribution < -0.4 is 21.7 Å². The Kier molecular flexibility index (Phi) is 9.58. The molecule has 11 heteroatoms. The van der Waals surface area contributed by atoms with E-state index in [2.05, 4.69) is 20.9 Å². The molecule has 1 aromatic carbocycles. The Labute approximate surface area is 197 Å². The van der Waals surface area contributed by atoms with Gasteiger partial charge in [0.15, 0.2) is 0 Å². The Morgan fingerprint density at radius 3 is 2.24 bits per heavy atom. The number of aliphatic hydroxyl groups is 1. The minimum Gasteiger partial charge on any atom is -0.480 e. The second-order valence-corrected chi connectivity index (χ2v) is 8.67. The molecule has 0 bridgehead atoms. The van der Waals surface area contributed by atoms with Crippen molar-refractivity contribution in [2.45, 2.75) is 57.8 Å². The highest BCUT2D eigenvalue weighted by atomic mass is 16.4. The second kappa shape index (κ2) is 12.1. The van der Waals surface area contributed by atoms with E-state index in [-0.39, 0.29) is 18.8 Å². The van der Waals surface area contributed by atoms with Crippen molar-refractivity contribution < 1.29 is 29.4 Å². The molecule has 0 saturated heterocycles. The van der Waals surface area contributed by atoms with Gasteiger partial charge in [-0.25, -0.2) is 4.79 Å². The van der Waals surface area contributed by atoms with Crippen LogP contribution in [-0.2, 0) is 25.6 Å². The zero-order chi connectivity index (χ0) is 25.4. The molecular formula is C23H33N5O6. The van der Waals surface area contributed by atoms with Crippen molar-refractivity contribution in [3.63, 3.8) is 0 Å². The molecule has 0 aliphatic carbocycles. The molecule has 0 aliphatic heterocycles. The molecule has 1 aromatic heterocycles. The molecule has 2 aromatic rings. The van der Waals surface area contributed by atoms with Gasteiger partial charge in [-0.15, -0.1) is 0 Å². The number of carboxylic acids is 1. The van der Waals surface area contributed by atoms with Gasteiger partial charge >= 0.3 is 5.97 Å². The third-order valence-corrected chi connectivity index (χ3v) is 5.34. The first-order chi connectivity index (χ1) is 16.0. The number of nitrogens with one attached hydrogen (secondary N) is 4. The van der Waals surface area contributed by atoms with Crippen molar-refractivity contribution in [3.05, 3.63) is 36.0 Å². The summed E-state index contributed by atoms with van der Waals surface area (Å²) >= 11 is 0. The van der Waals surface area contributed by atoms with Crippen molar-refractivity contribution in [1.29, 1.82) is 0 Å². The van der Waals surface area contributed by atoms with E-state index in [4.69, 9.17) is 10.8 Å². The summed E-state index contributed by atoms with van der Waals surface area (Å²) in [5, 5.41) is 27.0. The van der Waals surface area contributed by atoms with Crippen molar-refractivity contribution in [2.24, 2.45) is 11.7 Å². The summed E-state index contributed by atoms with van der Waals surface area (Å²) in [5.74, 6) is -3.17. The van der Waals surface area contributed by atoms with Crippen LogP contribution in [0, 0.1) is 5.92 Å². The molecule has 0 fully saturated rings. The molecule has 0 saturated carbocycles. The number of hydrogen-bond acceptors (Lipinski definition) is 6. The number of aromatic nitrogens is 1. The lowest BCUT2D eigenvalue weighted by Crippen LogP contribution is -2.57. The number of amides is 3. The first-order valence-corrected chi connectivity index (χ1v) is 11.1. The lowest BCUT2D eigenvalue weighted by molar-refractivity contribution is -0.142. The van der Waals surface area contributed by atoms with E-state index in [1.807, 2.05) is 38.1 Å². The molecule has 0 aliphatic rings. The summed E-state index contributed by atoms with van der Waals surface area (Å²) in [6, 6.07) is 3.02. The van der Waals surface area contributed by atoms with E-state index in [1.54, 1.807) is 6.20 Å². The Hall–Kier alpha value is -3.44. The predicted octanol–water partition coefficient (Wildman–Crippen LogP) is -0.365. The van der Waals surface area contributed by atoms with Gasteiger partial charge in [0.1, 0.15) is 24.2 Å². The molecule has 2 rings (SSSR count). The largest absolute Gasteiger partial charge is 0.480 e. The maximum absolute atomic E-state index is 13.0. The fourth-order valence-electron chi connectivity index (χ4n) is 3.46. The standard InChI is InChI=1S/C23H33N5O6/c1-12(2)8-18(27-20(30)13(3)26-21(31)16(24)11-29)22(32)28-19(23(33)34)9-14-10-25-17-7-5-4-6-15(14)17/h4-7,10,12-13,16,18-19,25,29H,8-9,11,24H2,1-3H3,(H,26,31)(H,27,30)(H,28,32)(H,33,34). The Morgan fingerprint density at radius 1 is 0.971 bits per heavy atom. The quantitative estimate of drug-likeness (QED) is 0.218. The molecule has 186 valence electrons. The van der Waals surface area contributed by atoms with Crippen molar-refractivity contribution in [2.75, 3.05) is 6.61 Å². The summed E-state index contributed by atoms with van der Waals surface area (Å²) < 4.78 is 0. The Balaban J connectivity index is 2.10. The molecule has 0 spiro atoms. The van der Waals surface area contributed by atoms with Gasteiger partial charge in [-0.2, -0.15) is 0 Å². The molecule has 0 radical (unpaired) electrons. The van der Waals surface area contributed by atoms with Crippen LogP contribution in [0.15, 0.2) is 30.5 Å². The number of benzene rings is 1. The number of rotatable bonds is 12. The van der Waals surface area contributed by atoms with Crippen molar-refractivity contribution in [3.8, 4) is 0 Å². The Bertz CT molecular complexity index is 1020. The number of carbonyl (C=O) groups is 4. The van der Waals surface area contributed by atoms with Crippen LogP contribution in [0.4, 0.5) is 0 Å².